The first-order valence-electron chi connectivity index (χ1n) is 9.18. The van der Waals surface area contributed by atoms with Gasteiger partial charge in [0, 0.05) is 29.2 Å². The summed E-state index contributed by atoms with van der Waals surface area (Å²) in [5.41, 5.74) is 5.18. The number of hydrogen-bond donors (Lipinski definition) is 1. The van der Waals surface area contributed by atoms with Crippen molar-refractivity contribution in [2.45, 2.75) is 32.6 Å². The number of rotatable bonds is 3. The van der Waals surface area contributed by atoms with Crippen LogP contribution in [0, 0.1) is 0 Å². The van der Waals surface area contributed by atoms with Crippen LogP contribution in [-0.2, 0) is 6.42 Å². The number of methoxy groups -OCH3 is 1. The molecule has 1 N–H and O–H groups in total. The monoisotopic (exact) mass is 348 g/mol. The van der Waals surface area contributed by atoms with Gasteiger partial charge in [0.2, 0.25) is 0 Å². The molecule has 4 nitrogen and oxygen atoms in total. The Balaban J connectivity index is 1.69. The molecular formula is C22H24N2O2. The van der Waals surface area contributed by atoms with Gasteiger partial charge in [0.05, 0.1) is 7.11 Å². The Labute approximate surface area is 153 Å². The summed E-state index contributed by atoms with van der Waals surface area (Å²) in [5, 5.41) is 1.02. The lowest BCUT2D eigenvalue weighted by Gasteiger charge is -2.30. The molecule has 1 amide bonds. The summed E-state index contributed by atoms with van der Waals surface area (Å²) >= 11 is 0. The fourth-order valence-corrected chi connectivity index (χ4v) is 3.68. The fourth-order valence-electron chi connectivity index (χ4n) is 3.68. The zero-order valence-electron chi connectivity index (χ0n) is 15.5. The van der Waals surface area contributed by atoms with E-state index >= 15 is 0 Å². The van der Waals surface area contributed by atoms with Crippen molar-refractivity contribution in [3.05, 3.63) is 59.3 Å². The number of aromatic nitrogens is 1. The molecule has 0 aliphatic carbocycles. The summed E-state index contributed by atoms with van der Waals surface area (Å²) in [6, 6.07) is 14.2. The van der Waals surface area contributed by atoms with Crippen LogP contribution < -0.4 is 9.64 Å². The molecule has 2 aromatic carbocycles. The number of carbonyl (C=O) groups is 1. The van der Waals surface area contributed by atoms with Gasteiger partial charge < -0.3 is 14.6 Å². The van der Waals surface area contributed by atoms with Crippen LogP contribution in [0.2, 0.25) is 0 Å². The molecule has 4 rings (SSSR count). The Morgan fingerprint density at radius 2 is 2.00 bits per heavy atom. The number of hydrogen-bond acceptors (Lipinski definition) is 2. The number of aryl methyl sites for hydroxylation is 1. The summed E-state index contributed by atoms with van der Waals surface area (Å²) in [7, 11) is 1.65. The number of fused-ring (bicyclic) bond motifs is 2. The van der Waals surface area contributed by atoms with Crippen molar-refractivity contribution in [2.24, 2.45) is 0 Å². The van der Waals surface area contributed by atoms with Crippen LogP contribution in [0.25, 0.3) is 10.9 Å². The van der Waals surface area contributed by atoms with Crippen LogP contribution in [0.5, 0.6) is 5.75 Å². The summed E-state index contributed by atoms with van der Waals surface area (Å²) in [5.74, 6) is 1.30. The second-order valence-electron chi connectivity index (χ2n) is 7.24. The van der Waals surface area contributed by atoms with Gasteiger partial charge >= 0.3 is 0 Å². The molecule has 0 radical (unpaired) electrons. The van der Waals surface area contributed by atoms with Crippen molar-refractivity contribution in [3.63, 3.8) is 0 Å². The first-order chi connectivity index (χ1) is 12.6. The van der Waals surface area contributed by atoms with Crippen molar-refractivity contribution in [2.75, 3.05) is 18.6 Å². The minimum atomic E-state index is 0.0263. The van der Waals surface area contributed by atoms with Crippen LogP contribution in [0.4, 0.5) is 5.69 Å². The second-order valence-corrected chi connectivity index (χ2v) is 7.24. The van der Waals surface area contributed by atoms with E-state index in [0.29, 0.717) is 11.6 Å². The van der Waals surface area contributed by atoms with E-state index in [1.807, 2.05) is 29.2 Å². The van der Waals surface area contributed by atoms with Gasteiger partial charge in [0.1, 0.15) is 11.4 Å². The van der Waals surface area contributed by atoms with Crippen LogP contribution in [0.3, 0.4) is 0 Å². The third-order valence-corrected chi connectivity index (χ3v) is 5.19. The lowest BCUT2D eigenvalue weighted by atomic mass is 9.94. The number of nitrogens with one attached hydrogen (secondary N) is 1. The maximum absolute atomic E-state index is 13.2. The molecule has 3 aromatic rings. The predicted molar refractivity (Wildman–Crippen MR) is 105 cm³/mol. The third-order valence-electron chi connectivity index (χ3n) is 5.19. The fraction of sp³-hybridized carbons (Fsp3) is 0.318. The number of amides is 1. The lowest BCUT2D eigenvalue weighted by Crippen LogP contribution is -2.35. The molecule has 0 unspecified atom stereocenters. The first-order valence-corrected chi connectivity index (χ1v) is 9.18. The molecule has 0 saturated heterocycles. The van der Waals surface area contributed by atoms with Crippen LogP contribution in [0.15, 0.2) is 42.5 Å². The van der Waals surface area contributed by atoms with Gasteiger partial charge in [-0.3, -0.25) is 4.79 Å². The minimum Gasteiger partial charge on any atom is -0.497 e. The number of carbonyl (C=O) groups excluding carboxylic acids is 1. The molecule has 1 aliphatic rings. The standard InChI is InChI=1S/C22H24N2O2/c1-14(2)15-7-9-21-17(11-15)5-4-10-24(21)22(25)20-12-16-6-8-18(26-3)13-19(16)23-20/h6-9,11-14,23H,4-5,10H2,1-3H3. The van der Waals surface area contributed by atoms with Gasteiger partial charge in [0.15, 0.2) is 0 Å². The van der Waals surface area contributed by atoms with E-state index in [1.54, 1.807) is 7.11 Å². The first kappa shape index (κ1) is 16.7. The van der Waals surface area contributed by atoms with E-state index in [9.17, 15) is 4.79 Å². The number of ether oxygens (including phenoxy) is 1. The zero-order valence-corrected chi connectivity index (χ0v) is 15.5. The maximum Gasteiger partial charge on any atom is 0.274 e. The molecule has 4 heteroatoms. The van der Waals surface area contributed by atoms with Crippen LogP contribution in [0.1, 0.15) is 47.8 Å². The van der Waals surface area contributed by atoms with Gasteiger partial charge in [-0.2, -0.15) is 0 Å². The Morgan fingerprint density at radius 3 is 2.77 bits per heavy atom. The summed E-state index contributed by atoms with van der Waals surface area (Å²) in [6.45, 7) is 5.16. The lowest BCUT2D eigenvalue weighted by molar-refractivity contribution is 0.0981. The highest BCUT2D eigenvalue weighted by Crippen LogP contribution is 2.32. The number of benzene rings is 2. The SMILES string of the molecule is COc1ccc2cc(C(=O)N3CCCc4cc(C(C)C)ccc43)[nH]c2c1. The van der Waals surface area contributed by atoms with E-state index < -0.39 is 0 Å². The highest BCUT2D eigenvalue weighted by atomic mass is 16.5. The molecule has 0 saturated carbocycles. The molecule has 1 aromatic heterocycles. The van der Waals surface area contributed by atoms with E-state index in [4.69, 9.17) is 4.74 Å². The van der Waals surface area contributed by atoms with Crippen LogP contribution >= 0.6 is 0 Å². The number of nitrogens with zero attached hydrogens (tertiary/aromatic N) is 1. The maximum atomic E-state index is 13.2. The molecule has 0 spiro atoms. The molecule has 26 heavy (non-hydrogen) atoms. The van der Waals surface area contributed by atoms with E-state index in [1.165, 1.54) is 11.1 Å². The van der Waals surface area contributed by atoms with E-state index in [-0.39, 0.29) is 5.91 Å². The largest absolute Gasteiger partial charge is 0.497 e. The summed E-state index contributed by atoms with van der Waals surface area (Å²) < 4.78 is 5.27. The zero-order chi connectivity index (χ0) is 18.3. The van der Waals surface area contributed by atoms with Gasteiger partial charge in [-0.05, 0) is 54.2 Å². The van der Waals surface area contributed by atoms with Gasteiger partial charge in [-0.15, -0.1) is 0 Å². The summed E-state index contributed by atoms with van der Waals surface area (Å²) in [6.07, 6.45) is 2.03. The topological polar surface area (TPSA) is 45.3 Å². The summed E-state index contributed by atoms with van der Waals surface area (Å²) in [4.78, 5) is 18.3. The van der Waals surface area contributed by atoms with Crippen LogP contribution in [-0.4, -0.2) is 24.5 Å². The minimum absolute atomic E-state index is 0.0263. The Kier molecular flexibility index (Phi) is 4.19. The van der Waals surface area contributed by atoms with Gasteiger partial charge in [-0.25, -0.2) is 0 Å². The van der Waals surface area contributed by atoms with Gasteiger partial charge in [0.25, 0.3) is 5.91 Å². The Hall–Kier alpha value is -2.75. The van der Waals surface area contributed by atoms with E-state index in [0.717, 1.165) is 41.7 Å². The molecule has 134 valence electrons. The molecule has 2 heterocycles. The van der Waals surface area contributed by atoms with Crippen molar-refractivity contribution in [3.8, 4) is 5.75 Å². The number of anilines is 1. The Morgan fingerprint density at radius 1 is 1.15 bits per heavy atom. The molecular weight excluding hydrogens is 324 g/mol. The Bertz CT molecular complexity index is 971. The van der Waals surface area contributed by atoms with E-state index in [2.05, 4.69) is 37.0 Å². The normalized spacial score (nSPS) is 13.9. The highest BCUT2D eigenvalue weighted by molar-refractivity contribution is 6.08. The second kappa shape index (κ2) is 6.52. The van der Waals surface area contributed by atoms with Gasteiger partial charge in [-0.1, -0.05) is 26.0 Å². The highest BCUT2D eigenvalue weighted by Gasteiger charge is 2.25. The average Bonchev–Trinajstić information content (AvgIpc) is 3.09. The average molecular weight is 348 g/mol. The predicted octanol–water partition coefficient (Wildman–Crippen LogP) is 4.89. The molecule has 0 atom stereocenters. The molecule has 0 fully saturated rings. The quantitative estimate of drug-likeness (QED) is 0.732. The van der Waals surface area contributed by atoms with Crippen molar-refractivity contribution >= 4 is 22.5 Å². The molecule has 1 aliphatic heterocycles. The molecule has 0 bridgehead atoms. The number of aromatic amines is 1. The van der Waals surface area contributed by atoms with Crippen molar-refractivity contribution in [1.29, 1.82) is 0 Å². The number of H-pyrrole nitrogens is 1. The van der Waals surface area contributed by atoms with Crippen molar-refractivity contribution in [1.82, 2.24) is 4.98 Å². The smallest absolute Gasteiger partial charge is 0.274 e. The third kappa shape index (κ3) is 2.85. The van der Waals surface area contributed by atoms with Crippen molar-refractivity contribution < 1.29 is 9.53 Å².